The van der Waals surface area contributed by atoms with Crippen LogP contribution in [0, 0.1) is 5.92 Å². The lowest BCUT2D eigenvalue weighted by atomic mass is 9.86. The Balaban J connectivity index is 1.89. The summed E-state index contributed by atoms with van der Waals surface area (Å²) in [5.74, 6) is 0.889. The van der Waals surface area contributed by atoms with E-state index in [-0.39, 0.29) is 11.6 Å². The molecule has 0 amide bonds. The minimum Gasteiger partial charge on any atom is -0.358 e. The van der Waals surface area contributed by atoms with Crippen molar-refractivity contribution in [3.05, 3.63) is 58.6 Å². The molecule has 1 saturated heterocycles. The van der Waals surface area contributed by atoms with Gasteiger partial charge in [0.15, 0.2) is 5.82 Å². The van der Waals surface area contributed by atoms with Gasteiger partial charge < -0.3 is 15.6 Å². The van der Waals surface area contributed by atoms with Gasteiger partial charge in [-0.05, 0) is 37.4 Å². The zero-order valence-electron chi connectivity index (χ0n) is 11.9. The van der Waals surface area contributed by atoms with Crippen LogP contribution >= 0.6 is 0 Å². The van der Waals surface area contributed by atoms with Crippen LogP contribution in [0.2, 0.25) is 0 Å². The smallest absolute Gasteiger partial charge is 0.290 e. The van der Waals surface area contributed by atoms with Gasteiger partial charge in [0.1, 0.15) is 0 Å². The molecule has 1 atom stereocenters. The third-order valence-electron chi connectivity index (χ3n) is 4.01. The number of hydrogen-bond acceptors (Lipinski definition) is 4. The molecule has 0 unspecified atom stereocenters. The predicted octanol–water partition coefficient (Wildman–Crippen LogP) is 1.92. The first-order valence-electron chi connectivity index (χ1n) is 7.40. The Hall–Kier alpha value is -2.14. The van der Waals surface area contributed by atoms with E-state index in [2.05, 4.69) is 32.7 Å². The highest BCUT2D eigenvalue weighted by Gasteiger charge is 2.25. The number of benzene rings is 1. The van der Waals surface area contributed by atoms with Crippen molar-refractivity contribution < 1.29 is 0 Å². The maximum atomic E-state index is 11.9. The molecule has 0 aliphatic carbocycles. The SMILES string of the molecule is O=c1[nH]ccnc1N[C@@H](c1ccccc1)C1CCNCC1. The molecule has 0 saturated carbocycles. The van der Waals surface area contributed by atoms with Gasteiger partial charge in [-0.1, -0.05) is 30.3 Å². The van der Waals surface area contributed by atoms with E-state index in [1.807, 2.05) is 18.2 Å². The molecule has 5 nitrogen and oxygen atoms in total. The quantitative estimate of drug-likeness (QED) is 0.802. The molecule has 0 bridgehead atoms. The minimum absolute atomic E-state index is 0.115. The molecular weight excluding hydrogens is 264 g/mol. The first kappa shape index (κ1) is 13.8. The number of aromatic nitrogens is 2. The highest BCUT2D eigenvalue weighted by Crippen LogP contribution is 2.30. The highest BCUT2D eigenvalue weighted by molar-refractivity contribution is 5.36. The first-order chi connectivity index (χ1) is 10.3. The minimum atomic E-state index is -0.174. The summed E-state index contributed by atoms with van der Waals surface area (Å²) in [5, 5.41) is 6.74. The predicted molar refractivity (Wildman–Crippen MR) is 83.3 cm³/mol. The van der Waals surface area contributed by atoms with E-state index in [0.29, 0.717) is 11.7 Å². The van der Waals surface area contributed by atoms with Crippen molar-refractivity contribution in [1.82, 2.24) is 15.3 Å². The van der Waals surface area contributed by atoms with Crippen molar-refractivity contribution in [2.45, 2.75) is 18.9 Å². The Morgan fingerprint density at radius 3 is 2.67 bits per heavy atom. The van der Waals surface area contributed by atoms with E-state index >= 15 is 0 Å². The molecule has 1 aromatic carbocycles. The topological polar surface area (TPSA) is 69.8 Å². The van der Waals surface area contributed by atoms with Gasteiger partial charge in [0, 0.05) is 12.4 Å². The molecule has 1 aliphatic heterocycles. The van der Waals surface area contributed by atoms with Gasteiger partial charge in [0.2, 0.25) is 0 Å². The van der Waals surface area contributed by atoms with Gasteiger partial charge in [-0.25, -0.2) is 4.98 Å². The number of aromatic amines is 1. The van der Waals surface area contributed by atoms with E-state index < -0.39 is 0 Å². The van der Waals surface area contributed by atoms with Crippen LogP contribution in [0.4, 0.5) is 5.82 Å². The van der Waals surface area contributed by atoms with Gasteiger partial charge in [0.25, 0.3) is 5.56 Å². The molecule has 2 aromatic rings. The Kier molecular flexibility index (Phi) is 4.31. The molecule has 1 aromatic heterocycles. The summed E-state index contributed by atoms with van der Waals surface area (Å²) in [4.78, 5) is 18.7. The highest BCUT2D eigenvalue weighted by atomic mass is 16.1. The Bertz CT molecular complexity index is 619. The number of anilines is 1. The summed E-state index contributed by atoms with van der Waals surface area (Å²) in [6.45, 7) is 2.04. The third kappa shape index (κ3) is 3.31. The van der Waals surface area contributed by atoms with Crippen molar-refractivity contribution in [2.75, 3.05) is 18.4 Å². The van der Waals surface area contributed by atoms with Crippen molar-refractivity contribution in [3.8, 4) is 0 Å². The molecule has 0 spiro atoms. The lowest BCUT2D eigenvalue weighted by molar-refractivity contribution is 0.335. The maximum absolute atomic E-state index is 11.9. The van der Waals surface area contributed by atoms with Crippen LogP contribution in [0.1, 0.15) is 24.4 Å². The fraction of sp³-hybridized carbons (Fsp3) is 0.375. The average Bonchev–Trinajstić information content (AvgIpc) is 2.56. The fourth-order valence-corrected chi connectivity index (χ4v) is 2.91. The molecule has 21 heavy (non-hydrogen) atoms. The molecule has 5 heteroatoms. The van der Waals surface area contributed by atoms with Crippen LogP contribution in [-0.4, -0.2) is 23.1 Å². The Morgan fingerprint density at radius 1 is 1.19 bits per heavy atom. The summed E-state index contributed by atoms with van der Waals surface area (Å²) in [7, 11) is 0. The van der Waals surface area contributed by atoms with E-state index in [1.54, 1.807) is 12.4 Å². The van der Waals surface area contributed by atoms with Crippen LogP contribution in [0.5, 0.6) is 0 Å². The zero-order valence-corrected chi connectivity index (χ0v) is 11.9. The molecule has 1 fully saturated rings. The van der Waals surface area contributed by atoms with E-state index in [4.69, 9.17) is 0 Å². The van der Waals surface area contributed by atoms with E-state index in [1.165, 1.54) is 5.56 Å². The summed E-state index contributed by atoms with van der Waals surface area (Å²) >= 11 is 0. The fourth-order valence-electron chi connectivity index (χ4n) is 2.91. The largest absolute Gasteiger partial charge is 0.358 e. The summed E-state index contributed by atoms with van der Waals surface area (Å²) in [6, 6.07) is 10.4. The van der Waals surface area contributed by atoms with E-state index in [9.17, 15) is 4.79 Å². The summed E-state index contributed by atoms with van der Waals surface area (Å²) in [5.41, 5.74) is 1.03. The standard InChI is InChI=1S/C16H20N4O/c21-16-15(18-10-11-19-16)20-14(12-4-2-1-3-5-12)13-6-8-17-9-7-13/h1-5,10-11,13-14,17H,6-9H2,(H,18,20)(H,19,21)/t14-/m0/s1. The second-order valence-electron chi connectivity index (χ2n) is 5.39. The molecule has 1 aliphatic rings. The Labute approximate surface area is 123 Å². The number of rotatable bonds is 4. The first-order valence-corrected chi connectivity index (χ1v) is 7.40. The second-order valence-corrected chi connectivity index (χ2v) is 5.39. The van der Waals surface area contributed by atoms with Crippen LogP contribution in [0.3, 0.4) is 0 Å². The zero-order chi connectivity index (χ0) is 14.5. The van der Waals surface area contributed by atoms with Gasteiger partial charge in [-0.3, -0.25) is 4.79 Å². The molecular formula is C16H20N4O. The monoisotopic (exact) mass is 284 g/mol. The van der Waals surface area contributed by atoms with Crippen LogP contribution in [-0.2, 0) is 0 Å². The number of H-pyrrole nitrogens is 1. The second kappa shape index (κ2) is 6.54. The van der Waals surface area contributed by atoms with Crippen molar-refractivity contribution in [2.24, 2.45) is 5.92 Å². The third-order valence-corrected chi connectivity index (χ3v) is 4.01. The molecule has 2 heterocycles. The van der Waals surface area contributed by atoms with Crippen molar-refractivity contribution in [1.29, 1.82) is 0 Å². The van der Waals surface area contributed by atoms with Gasteiger partial charge in [-0.2, -0.15) is 0 Å². The molecule has 3 N–H and O–H groups in total. The average molecular weight is 284 g/mol. The number of nitrogens with one attached hydrogen (secondary N) is 3. The molecule has 110 valence electrons. The summed E-state index contributed by atoms with van der Waals surface area (Å²) < 4.78 is 0. The molecule has 3 rings (SSSR count). The maximum Gasteiger partial charge on any atom is 0.290 e. The Morgan fingerprint density at radius 2 is 1.95 bits per heavy atom. The van der Waals surface area contributed by atoms with Crippen LogP contribution in [0.25, 0.3) is 0 Å². The summed E-state index contributed by atoms with van der Waals surface area (Å²) in [6.07, 6.45) is 5.35. The van der Waals surface area contributed by atoms with Gasteiger partial charge in [-0.15, -0.1) is 0 Å². The number of nitrogens with zero attached hydrogens (tertiary/aromatic N) is 1. The van der Waals surface area contributed by atoms with Crippen LogP contribution < -0.4 is 16.2 Å². The van der Waals surface area contributed by atoms with Crippen LogP contribution in [0.15, 0.2) is 47.5 Å². The van der Waals surface area contributed by atoms with Crippen molar-refractivity contribution in [3.63, 3.8) is 0 Å². The lowest BCUT2D eigenvalue weighted by Gasteiger charge is -2.31. The van der Waals surface area contributed by atoms with Gasteiger partial charge in [0.05, 0.1) is 6.04 Å². The van der Waals surface area contributed by atoms with E-state index in [0.717, 1.165) is 25.9 Å². The normalized spacial score (nSPS) is 17.3. The number of hydrogen-bond donors (Lipinski definition) is 3. The lowest BCUT2D eigenvalue weighted by Crippen LogP contribution is -2.34. The van der Waals surface area contributed by atoms with Crippen molar-refractivity contribution >= 4 is 5.82 Å². The number of piperidine rings is 1. The molecule has 0 radical (unpaired) electrons. The van der Waals surface area contributed by atoms with Gasteiger partial charge >= 0.3 is 0 Å².